The Morgan fingerprint density at radius 2 is 0.982 bits per heavy atom. The fraction of sp³-hybridized carbons (Fsp3) is 0.596. The van der Waals surface area contributed by atoms with Crippen LogP contribution in [0.25, 0.3) is 0 Å². The Morgan fingerprint density at radius 1 is 0.618 bits per heavy atom. The number of phenols is 1. The van der Waals surface area contributed by atoms with Crippen molar-refractivity contribution in [1.29, 1.82) is 0 Å². The number of rotatable bonds is 13. The lowest BCUT2D eigenvalue weighted by molar-refractivity contribution is -0.137. The van der Waals surface area contributed by atoms with Crippen LogP contribution in [0.15, 0.2) is 47.5 Å². The number of alkyl halides is 3. The predicted octanol–water partition coefficient (Wildman–Crippen LogP) is 12.7. The second-order valence-corrected chi connectivity index (χ2v) is 19.2. The maximum atomic E-state index is 13.7. The molecule has 0 fully saturated rings. The topological polar surface area (TPSA) is 71.3 Å². The van der Waals surface area contributed by atoms with Crippen molar-refractivity contribution in [3.05, 3.63) is 87.0 Å². The summed E-state index contributed by atoms with van der Waals surface area (Å²) in [5, 5.41) is 24.3. The molecular weight excluding hydrogens is 700 g/mol. The number of hydrogen-bond acceptors (Lipinski definition) is 5. The Hall–Kier alpha value is -3.52. The van der Waals surface area contributed by atoms with Gasteiger partial charge in [-0.15, -0.1) is 0 Å². The van der Waals surface area contributed by atoms with Gasteiger partial charge in [-0.2, -0.15) is 13.2 Å². The first kappa shape index (κ1) is 45.9. The van der Waals surface area contributed by atoms with Gasteiger partial charge in [0.1, 0.15) is 22.8 Å². The van der Waals surface area contributed by atoms with Crippen LogP contribution in [0.2, 0.25) is 0 Å². The molecule has 2 N–H and O–H groups in total. The monoisotopic (exact) mass is 768 g/mol. The first-order chi connectivity index (χ1) is 25.1. The molecule has 5 nitrogen and oxygen atoms in total. The Morgan fingerprint density at radius 3 is 1.29 bits per heavy atom. The van der Waals surface area contributed by atoms with Gasteiger partial charge in [0.25, 0.3) is 0 Å². The summed E-state index contributed by atoms with van der Waals surface area (Å²) in [4.78, 5) is 4.77. The Bertz CT molecular complexity index is 1640. The second kappa shape index (κ2) is 16.9. The number of nitrogens with zero attached hydrogens (tertiary/aromatic N) is 1. The van der Waals surface area contributed by atoms with Gasteiger partial charge >= 0.3 is 6.18 Å². The Balaban J connectivity index is 2.57. The highest BCUT2D eigenvalue weighted by atomic mass is 19.4. The first-order valence-electron chi connectivity index (χ1n) is 19.9. The molecule has 0 aromatic heterocycles. The number of aliphatic imine (C=N–C) groups is 1. The third-order valence-corrected chi connectivity index (χ3v) is 10.2. The van der Waals surface area contributed by atoms with E-state index in [9.17, 15) is 23.4 Å². The molecule has 306 valence electrons. The molecule has 3 aromatic carbocycles. The Kier molecular flexibility index (Phi) is 14.1. The lowest BCUT2D eigenvalue weighted by Gasteiger charge is -2.39. The predicted molar refractivity (Wildman–Crippen MR) is 222 cm³/mol. The highest BCUT2D eigenvalue weighted by Crippen LogP contribution is 2.49. The molecule has 0 aliphatic carbocycles. The molecule has 0 bridgehead atoms. The van der Waals surface area contributed by atoms with Crippen LogP contribution < -0.4 is 9.47 Å². The number of ether oxygens (including phenoxy) is 2. The van der Waals surface area contributed by atoms with Gasteiger partial charge in [-0.25, -0.2) is 0 Å². The van der Waals surface area contributed by atoms with Crippen molar-refractivity contribution in [2.24, 2.45) is 4.99 Å². The fourth-order valence-corrected chi connectivity index (χ4v) is 6.66. The van der Waals surface area contributed by atoms with Gasteiger partial charge in [0.05, 0.1) is 24.8 Å². The van der Waals surface area contributed by atoms with Gasteiger partial charge < -0.3 is 19.7 Å². The number of halogens is 3. The van der Waals surface area contributed by atoms with Crippen molar-refractivity contribution in [3.8, 4) is 17.2 Å². The van der Waals surface area contributed by atoms with E-state index < -0.39 is 23.4 Å². The summed E-state index contributed by atoms with van der Waals surface area (Å²) in [6.07, 6.45) is 0.374. The lowest BCUT2D eigenvalue weighted by Crippen LogP contribution is -2.40. The zero-order chi connectivity index (χ0) is 41.9. The average Bonchev–Trinajstić information content (AvgIpc) is 3.05. The normalized spacial score (nSPS) is 14.1. The highest BCUT2D eigenvalue weighted by molar-refractivity contribution is 5.84. The van der Waals surface area contributed by atoms with Crippen molar-refractivity contribution in [3.63, 3.8) is 0 Å². The molecule has 3 aromatic rings. The summed E-state index contributed by atoms with van der Waals surface area (Å²) in [7, 11) is 0. The second-order valence-electron chi connectivity index (χ2n) is 19.2. The summed E-state index contributed by atoms with van der Waals surface area (Å²) in [5.41, 5.74) is 0.537. The molecule has 1 unspecified atom stereocenters. The summed E-state index contributed by atoms with van der Waals surface area (Å²) < 4.78 is 54.4. The van der Waals surface area contributed by atoms with Gasteiger partial charge in [0.2, 0.25) is 0 Å². The molecule has 55 heavy (non-hydrogen) atoms. The van der Waals surface area contributed by atoms with Gasteiger partial charge in [0.15, 0.2) is 0 Å². The molecule has 0 saturated heterocycles. The van der Waals surface area contributed by atoms with E-state index >= 15 is 0 Å². The number of hydrogen-bond donors (Lipinski definition) is 2. The molecule has 1 atom stereocenters. The van der Waals surface area contributed by atoms with Gasteiger partial charge in [0, 0.05) is 34.0 Å². The summed E-state index contributed by atoms with van der Waals surface area (Å²) in [5.74, 6) is 1.26. The number of unbranched alkanes of at least 4 members (excludes halogenated alkanes) is 2. The molecule has 0 saturated carbocycles. The van der Waals surface area contributed by atoms with E-state index in [1.807, 2.05) is 24.3 Å². The molecule has 0 aliphatic rings. The third kappa shape index (κ3) is 10.9. The van der Waals surface area contributed by atoms with E-state index in [1.54, 1.807) is 6.92 Å². The minimum atomic E-state index is -4.61. The van der Waals surface area contributed by atoms with Crippen molar-refractivity contribution in [2.75, 3.05) is 13.2 Å². The number of phenolic OH excluding ortho intramolecular Hbond substituents is 1. The van der Waals surface area contributed by atoms with Crippen LogP contribution >= 0.6 is 0 Å². The molecule has 8 heteroatoms. The number of aromatic hydroxyl groups is 1. The smallest absolute Gasteiger partial charge is 0.416 e. The highest BCUT2D eigenvalue weighted by Gasteiger charge is 2.43. The van der Waals surface area contributed by atoms with Crippen LogP contribution in [0, 0.1) is 0 Å². The molecule has 0 radical (unpaired) electrons. The van der Waals surface area contributed by atoms with Gasteiger partial charge in [-0.3, -0.25) is 4.99 Å². The van der Waals surface area contributed by atoms with E-state index in [0.717, 1.165) is 77.6 Å². The van der Waals surface area contributed by atoms with Crippen molar-refractivity contribution >= 4 is 6.21 Å². The quantitative estimate of drug-likeness (QED) is 0.134. The van der Waals surface area contributed by atoms with Crippen LogP contribution in [0.5, 0.6) is 17.2 Å². The first-order valence-corrected chi connectivity index (χ1v) is 19.9. The molecule has 0 amide bonds. The van der Waals surface area contributed by atoms with Gasteiger partial charge in [-0.1, -0.05) is 110 Å². The zero-order valence-electron chi connectivity index (χ0n) is 36.2. The van der Waals surface area contributed by atoms with E-state index in [4.69, 9.17) is 14.5 Å². The van der Waals surface area contributed by atoms with E-state index in [2.05, 4.69) is 96.9 Å². The maximum Gasteiger partial charge on any atom is 0.416 e. The van der Waals surface area contributed by atoms with Crippen LogP contribution in [-0.4, -0.2) is 35.7 Å². The molecule has 3 rings (SSSR count). The summed E-state index contributed by atoms with van der Waals surface area (Å²) >= 11 is 0. The molecule has 0 heterocycles. The molecular formula is C47H68F3NO4. The van der Waals surface area contributed by atoms with Crippen LogP contribution in [0.4, 0.5) is 13.2 Å². The summed E-state index contributed by atoms with van der Waals surface area (Å²) in [6, 6.07) is 9.86. The van der Waals surface area contributed by atoms with Crippen LogP contribution in [0.1, 0.15) is 174 Å². The SMILES string of the molecule is CCCCOc1c(C(C)(C)C)cc(C(O)(c2cc(C(C)(C)C)c(OCCCC)c(C(C)(C)C)c2)C(C)N=Cc2cc(C(F)(F)F)ccc2O)cc1C(C)(C)C. The maximum absolute atomic E-state index is 13.7. The number of benzene rings is 3. The van der Waals surface area contributed by atoms with Crippen molar-refractivity contribution < 1.29 is 32.9 Å². The molecule has 0 spiro atoms. The third-order valence-electron chi connectivity index (χ3n) is 10.2. The summed E-state index contributed by atoms with van der Waals surface area (Å²) in [6.45, 7) is 32.6. The molecule has 0 aliphatic heterocycles. The van der Waals surface area contributed by atoms with E-state index in [-0.39, 0.29) is 33.0 Å². The van der Waals surface area contributed by atoms with Crippen molar-refractivity contribution in [1.82, 2.24) is 0 Å². The van der Waals surface area contributed by atoms with E-state index in [0.29, 0.717) is 24.3 Å². The van der Waals surface area contributed by atoms with Crippen LogP contribution in [-0.2, 0) is 33.4 Å². The fourth-order valence-electron chi connectivity index (χ4n) is 6.66. The van der Waals surface area contributed by atoms with Gasteiger partial charge in [-0.05, 0) is 95.0 Å². The van der Waals surface area contributed by atoms with E-state index in [1.165, 1.54) is 6.21 Å². The minimum Gasteiger partial charge on any atom is -0.507 e. The Labute approximate surface area is 329 Å². The standard InChI is InChI=1S/C47H68F3NO4/c1-16-18-22-54-40-35(42(4,5)6)25-33(26-36(40)43(7,8)9)46(53,30(3)51-29-31-24-32(47(48,49)50)20-21-39(31)52)34-27-37(44(10,11)12)41(55-23-19-17-2)38(28-34)45(13,14)15/h20-21,24-30,52-53H,16-19,22-23H2,1-15H3. The lowest BCUT2D eigenvalue weighted by atomic mass is 9.71. The van der Waals surface area contributed by atoms with Crippen LogP contribution in [0.3, 0.4) is 0 Å². The minimum absolute atomic E-state index is 0.0973. The largest absolute Gasteiger partial charge is 0.507 e. The van der Waals surface area contributed by atoms with Crippen molar-refractivity contribution in [2.45, 2.75) is 169 Å². The number of aliphatic hydroxyl groups is 1. The zero-order valence-corrected chi connectivity index (χ0v) is 36.2. The average molecular weight is 768 g/mol.